The van der Waals surface area contributed by atoms with Gasteiger partial charge in [-0.05, 0) is 17.7 Å². The number of halogens is 1. The van der Waals surface area contributed by atoms with E-state index in [1.165, 1.54) is 20.5 Å². The lowest BCUT2D eigenvalue weighted by Gasteiger charge is -2.05. The molecule has 0 amide bonds. The molecule has 0 radical (unpaired) electrons. The van der Waals surface area contributed by atoms with Crippen molar-refractivity contribution < 1.29 is 14.3 Å². The number of rotatable bonds is 3. The molecule has 1 aromatic carbocycles. The fourth-order valence-corrected chi connectivity index (χ4v) is 1.31. The molecule has 0 aromatic heterocycles. The minimum absolute atomic E-state index is 0.336. The Morgan fingerprint density at radius 3 is 2.67 bits per heavy atom. The largest absolute Gasteiger partial charge is 0.503 e. The predicted octanol–water partition coefficient (Wildman–Crippen LogP) is 2.50. The first kappa shape index (κ1) is 11.6. The fourth-order valence-electron chi connectivity index (χ4n) is 1.12. The zero-order valence-corrected chi connectivity index (χ0v) is 9.25. The number of carbonyl (C=O) groups excluding carboxylic acids is 1. The SMILES string of the molecule is CO/C=C(/C(=O)OC)c1cccc(Cl)c1. The first-order chi connectivity index (χ1) is 7.19. The van der Waals surface area contributed by atoms with E-state index in [0.717, 1.165) is 0 Å². The maximum absolute atomic E-state index is 11.4. The molecular formula is C11H11ClO3. The van der Waals surface area contributed by atoms with Crippen LogP contribution in [-0.2, 0) is 14.3 Å². The van der Waals surface area contributed by atoms with E-state index in [1.807, 2.05) is 0 Å². The first-order valence-electron chi connectivity index (χ1n) is 4.26. The fraction of sp³-hybridized carbons (Fsp3) is 0.182. The second kappa shape index (κ2) is 5.41. The summed E-state index contributed by atoms with van der Waals surface area (Å²) in [6.45, 7) is 0. The van der Waals surface area contributed by atoms with Gasteiger partial charge in [0.05, 0.1) is 20.5 Å². The summed E-state index contributed by atoms with van der Waals surface area (Å²) in [6.07, 6.45) is 1.33. The van der Waals surface area contributed by atoms with Gasteiger partial charge in [0.15, 0.2) is 0 Å². The number of esters is 1. The van der Waals surface area contributed by atoms with Crippen LogP contribution < -0.4 is 0 Å². The average molecular weight is 227 g/mol. The van der Waals surface area contributed by atoms with Crippen LogP contribution in [0.2, 0.25) is 5.02 Å². The normalized spacial score (nSPS) is 11.0. The molecule has 0 atom stereocenters. The molecule has 3 nitrogen and oxygen atoms in total. The number of ether oxygens (including phenoxy) is 2. The number of carbonyl (C=O) groups is 1. The van der Waals surface area contributed by atoms with Gasteiger partial charge in [-0.1, -0.05) is 23.7 Å². The molecule has 1 aromatic rings. The zero-order valence-electron chi connectivity index (χ0n) is 8.49. The monoisotopic (exact) mass is 226 g/mol. The van der Waals surface area contributed by atoms with Gasteiger partial charge < -0.3 is 9.47 Å². The third kappa shape index (κ3) is 2.99. The van der Waals surface area contributed by atoms with Gasteiger partial charge >= 0.3 is 5.97 Å². The van der Waals surface area contributed by atoms with Crippen molar-refractivity contribution in [3.63, 3.8) is 0 Å². The molecule has 0 aliphatic rings. The molecule has 0 aliphatic heterocycles. The molecule has 4 heteroatoms. The second-order valence-corrected chi connectivity index (χ2v) is 3.21. The van der Waals surface area contributed by atoms with Crippen molar-refractivity contribution in [1.29, 1.82) is 0 Å². The number of hydrogen-bond donors (Lipinski definition) is 0. The summed E-state index contributed by atoms with van der Waals surface area (Å²) in [5.41, 5.74) is 0.999. The van der Waals surface area contributed by atoms with E-state index < -0.39 is 5.97 Å². The Morgan fingerprint density at radius 2 is 2.13 bits per heavy atom. The summed E-state index contributed by atoms with van der Waals surface area (Å²) in [5, 5.41) is 0.554. The van der Waals surface area contributed by atoms with Gasteiger partial charge in [0.1, 0.15) is 5.57 Å². The first-order valence-corrected chi connectivity index (χ1v) is 4.64. The molecule has 80 valence electrons. The lowest BCUT2D eigenvalue weighted by atomic mass is 10.1. The van der Waals surface area contributed by atoms with Crippen LogP contribution in [0.5, 0.6) is 0 Å². The Kier molecular flexibility index (Phi) is 4.18. The summed E-state index contributed by atoms with van der Waals surface area (Å²) in [7, 11) is 2.78. The standard InChI is InChI=1S/C11H11ClO3/c1-14-7-10(11(13)15-2)8-4-3-5-9(12)6-8/h3-7H,1-2H3/b10-7+. The van der Waals surface area contributed by atoms with Crippen LogP contribution in [0.4, 0.5) is 0 Å². The highest BCUT2D eigenvalue weighted by Gasteiger charge is 2.12. The molecule has 0 saturated heterocycles. The van der Waals surface area contributed by atoms with E-state index in [2.05, 4.69) is 4.74 Å². The molecule has 15 heavy (non-hydrogen) atoms. The maximum Gasteiger partial charge on any atom is 0.341 e. The number of methoxy groups -OCH3 is 2. The predicted molar refractivity (Wildman–Crippen MR) is 58.5 cm³/mol. The van der Waals surface area contributed by atoms with Gasteiger partial charge in [0, 0.05) is 5.02 Å². The minimum Gasteiger partial charge on any atom is -0.503 e. The van der Waals surface area contributed by atoms with Gasteiger partial charge in [0.2, 0.25) is 0 Å². The summed E-state index contributed by atoms with van der Waals surface area (Å²) < 4.78 is 9.44. The molecule has 0 heterocycles. The van der Waals surface area contributed by atoms with Crippen LogP contribution in [0.25, 0.3) is 5.57 Å². The summed E-state index contributed by atoms with van der Waals surface area (Å²) in [6, 6.07) is 6.91. The molecule has 0 aliphatic carbocycles. The Bertz CT molecular complexity index is 385. The molecule has 0 N–H and O–H groups in total. The Labute approximate surface area is 93.3 Å². The zero-order chi connectivity index (χ0) is 11.3. The Hall–Kier alpha value is -1.48. The highest BCUT2D eigenvalue weighted by molar-refractivity contribution is 6.31. The topological polar surface area (TPSA) is 35.5 Å². The lowest BCUT2D eigenvalue weighted by molar-refractivity contribution is -0.133. The van der Waals surface area contributed by atoms with Crippen molar-refractivity contribution in [3.05, 3.63) is 41.1 Å². The second-order valence-electron chi connectivity index (χ2n) is 2.77. The molecule has 0 saturated carbocycles. The quantitative estimate of drug-likeness (QED) is 0.451. The van der Waals surface area contributed by atoms with Gasteiger partial charge in [-0.25, -0.2) is 4.79 Å². The van der Waals surface area contributed by atoms with Crippen LogP contribution in [0.1, 0.15) is 5.56 Å². The van der Waals surface area contributed by atoms with E-state index in [4.69, 9.17) is 16.3 Å². The van der Waals surface area contributed by atoms with Crippen LogP contribution in [-0.4, -0.2) is 20.2 Å². The molecule has 0 spiro atoms. The summed E-state index contributed by atoms with van der Waals surface area (Å²) in [5.74, 6) is -0.459. The van der Waals surface area contributed by atoms with E-state index in [0.29, 0.717) is 16.2 Å². The lowest BCUT2D eigenvalue weighted by Crippen LogP contribution is -2.04. The van der Waals surface area contributed by atoms with E-state index in [-0.39, 0.29) is 0 Å². The third-order valence-corrected chi connectivity index (χ3v) is 2.01. The van der Waals surface area contributed by atoms with Gasteiger partial charge in [-0.15, -0.1) is 0 Å². The van der Waals surface area contributed by atoms with Crippen molar-refractivity contribution in [2.45, 2.75) is 0 Å². The summed E-state index contributed by atoms with van der Waals surface area (Å²) in [4.78, 5) is 11.4. The Morgan fingerprint density at radius 1 is 1.40 bits per heavy atom. The van der Waals surface area contributed by atoms with Crippen LogP contribution in [0, 0.1) is 0 Å². The highest BCUT2D eigenvalue weighted by Crippen LogP contribution is 2.19. The smallest absolute Gasteiger partial charge is 0.341 e. The minimum atomic E-state index is -0.459. The van der Waals surface area contributed by atoms with Crippen LogP contribution in [0.15, 0.2) is 30.5 Å². The van der Waals surface area contributed by atoms with Crippen LogP contribution >= 0.6 is 11.6 Å². The van der Waals surface area contributed by atoms with Gasteiger partial charge in [0.25, 0.3) is 0 Å². The number of hydrogen-bond acceptors (Lipinski definition) is 3. The highest BCUT2D eigenvalue weighted by atomic mass is 35.5. The van der Waals surface area contributed by atoms with E-state index >= 15 is 0 Å². The Balaban J connectivity index is 3.10. The third-order valence-electron chi connectivity index (χ3n) is 1.78. The molecule has 1 rings (SSSR count). The molecule has 0 fully saturated rings. The van der Waals surface area contributed by atoms with E-state index in [1.54, 1.807) is 24.3 Å². The molecular weight excluding hydrogens is 216 g/mol. The molecule has 0 unspecified atom stereocenters. The van der Waals surface area contributed by atoms with Crippen molar-refractivity contribution >= 4 is 23.1 Å². The summed E-state index contributed by atoms with van der Waals surface area (Å²) >= 11 is 5.82. The van der Waals surface area contributed by atoms with E-state index in [9.17, 15) is 4.79 Å². The van der Waals surface area contributed by atoms with Gasteiger partial charge in [-0.3, -0.25) is 0 Å². The van der Waals surface area contributed by atoms with Crippen molar-refractivity contribution in [3.8, 4) is 0 Å². The molecule has 0 bridgehead atoms. The van der Waals surface area contributed by atoms with Gasteiger partial charge in [-0.2, -0.15) is 0 Å². The average Bonchev–Trinajstić information content (AvgIpc) is 2.25. The van der Waals surface area contributed by atoms with Crippen molar-refractivity contribution in [2.75, 3.05) is 14.2 Å². The van der Waals surface area contributed by atoms with Crippen LogP contribution in [0.3, 0.4) is 0 Å². The maximum atomic E-state index is 11.4. The van der Waals surface area contributed by atoms with Crippen molar-refractivity contribution in [2.24, 2.45) is 0 Å². The number of benzene rings is 1. The van der Waals surface area contributed by atoms with Crippen molar-refractivity contribution in [1.82, 2.24) is 0 Å².